The zero-order chi connectivity index (χ0) is 23.8. The largest absolute Gasteiger partial charge is 0.421 e. The molecule has 1 saturated heterocycles. The summed E-state index contributed by atoms with van der Waals surface area (Å²) in [5, 5.41) is 10.7. The van der Waals surface area contributed by atoms with Gasteiger partial charge in [-0.15, -0.1) is 0 Å². The number of H-pyrrole nitrogens is 2. The van der Waals surface area contributed by atoms with Crippen molar-refractivity contribution in [2.24, 2.45) is 0 Å². The number of nitrogens with one attached hydrogen (secondary N) is 3. The molecule has 3 aromatic heterocycles. The summed E-state index contributed by atoms with van der Waals surface area (Å²) in [5.41, 5.74) is 2.36. The first-order valence-electron chi connectivity index (χ1n) is 11.1. The molecule has 0 aliphatic carbocycles. The number of aryl methyl sites for hydroxylation is 1. The first-order valence-corrected chi connectivity index (χ1v) is 11.1. The zero-order valence-corrected chi connectivity index (χ0v) is 19.4. The Morgan fingerprint density at radius 2 is 2.09 bits per heavy atom. The highest BCUT2D eigenvalue weighted by atomic mass is 19.1. The van der Waals surface area contributed by atoms with Crippen molar-refractivity contribution in [3.05, 3.63) is 54.1 Å². The molecule has 3 N–H and O–H groups in total. The molecule has 10 heteroatoms. The Bertz CT molecular complexity index is 1340. The number of benzene rings is 1. The molecule has 0 radical (unpaired) electrons. The van der Waals surface area contributed by atoms with Gasteiger partial charge in [0.1, 0.15) is 11.6 Å². The number of ether oxygens (including phenoxy) is 1. The van der Waals surface area contributed by atoms with Crippen molar-refractivity contribution in [2.45, 2.75) is 19.4 Å². The number of anilines is 3. The van der Waals surface area contributed by atoms with Crippen molar-refractivity contribution in [2.75, 3.05) is 37.4 Å². The van der Waals surface area contributed by atoms with Crippen LogP contribution in [0.3, 0.4) is 0 Å². The van der Waals surface area contributed by atoms with E-state index in [4.69, 9.17) is 4.74 Å². The third kappa shape index (κ3) is 4.32. The first kappa shape index (κ1) is 21.9. The van der Waals surface area contributed by atoms with Crippen LogP contribution in [0.1, 0.15) is 17.8 Å². The Morgan fingerprint density at radius 1 is 1.24 bits per heavy atom. The Kier molecular flexibility index (Phi) is 5.66. The van der Waals surface area contributed by atoms with Gasteiger partial charge in [-0.3, -0.25) is 5.10 Å². The molecule has 4 aromatic rings. The van der Waals surface area contributed by atoms with Crippen LogP contribution in [0, 0.1) is 12.7 Å². The van der Waals surface area contributed by atoms with Crippen molar-refractivity contribution in [3.8, 4) is 11.8 Å². The second kappa shape index (κ2) is 8.79. The van der Waals surface area contributed by atoms with Crippen molar-refractivity contribution in [1.29, 1.82) is 0 Å². The summed E-state index contributed by atoms with van der Waals surface area (Å²) >= 11 is 0. The normalized spacial score (nSPS) is 15.9. The van der Waals surface area contributed by atoms with Gasteiger partial charge in [-0.05, 0) is 51.7 Å². The number of rotatable bonds is 7. The van der Waals surface area contributed by atoms with Crippen molar-refractivity contribution < 1.29 is 9.13 Å². The molecule has 1 aromatic carbocycles. The molecule has 1 atom stereocenters. The van der Waals surface area contributed by atoms with E-state index in [-0.39, 0.29) is 11.8 Å². The van der Waals surface area contributed by atoms with Crippen molar-refractivity contribution in [3.63, 3.8) is 0 Å². The van der Waals surface area contributed by atoms with Gasteiger partial charge < -0.3 is 24.8 Å². The summed E-state index contributed by atoms with van der Waals surface area (Å²) in [6, 6.07) is 9.26. The van der Waals surface area contributed by atoms with Crippen LogP contribution in [0.5, 0.6) is 11.8 Å². The van der Waals surface area contributed by atoms with Crippen LogP contribution in [0.25, 0.3) is 17.0 Å². The molecule has 176 valence electrons. The summed E-state index contributed by atoms with van der Waals surface area (Å²) in [5.74, 6) is 1.39. The van der Waals surface area contributed by atoms with Crippen LogP contribution in [-0.4, -0.2) is 63.3 Å². The maximum atomic E-state index is 15.1. The van der Waals surface area contributed by atoms with E-state index in [2.05, 4.69) is 60.9 Å². The van der Waals surface area contributed by atoms with Gasteiger partial charge in [0.2, 0.25) is 0 Å². The number of aromatic amines is 2. The monoisotopic (exact) mass is 462 g/mol. The second-order valence-electron chi connectivity index (χ2n) is 8.68. The topological polar surface area (TPSA) is 98.0 Å². The van der Waals surface area contributed by atoms with E-state index >= 15 is 4.39 Å². The van der Waals surface area contributed by atoms with Crippen LogP contribution in [-0.2, 0) is 0 Å². The summed E-state index contributed by atoms with van der Waals surface area (Å²) in [7, 11) is 4.15. The predicted octanol–water partition coefficient (Wildman–Crippen LogP) is 4.45. The minimum atomic E-state index is -0.456. The minimum absolute atomic E-state index is 0.0540. The Labute approximate surface area is 196 Å². The third-order valence-electron chi connectivity index (χ3n) is 6.02. The molecule has 4 heterocycles. The molecule has 9 nitrogen and oxygen atoms in total. The first-order chi connectivity index (χ1) is 16.4. The van der Waals surface area contributed by atoms with Gasteiger partial charge >= 0.3 is 6.01 Å². The molecule has 1 unspecified atom stereocenters. The highest BCUT2D eigenvalue weighted by Crippen LogP contribution is 2.32. The number of halogens is 1. The molecule has 0 amide bonds. The Morgan fingerprint density at radius 3 is 2.82 bits per heavy atom. The van der Waals surface area contributed by atoms with E-state index in [1.54, 1.807) is 24.3 Å². The molecule has 1 aliphatic rings. The summed E-state index contributed by atoms with van der Waals surface area (Å²) in [6.07, 6.45) is 2.70. The van der Waals surface area contributed by atoms with Gasteiger partial charge in [0, 0.05) is 47.9 Å². The lowest BCUT2D eigenvalue weighted by Gasteiger charge is -2.21. The van der Waals surface area contributed by atoms with Crippen LogP contribution in [0.15, 0.2) is 36.9 Å². The highest BCUT2D eigenvalue weighted by Gasteiger charge is 2.26. The fourth-order valence-corrected chi connectivity index (χ4v) is 4.16. The predicted molar refractivity (Wildman–Crippen MR) is 131 cm³/mol. The van der Waals surface area contributed by atoms with Crippen LogP contribution in [0.2, 0.25) is 0 Å². The molecule has 34 heavy (non-hydrogen) atoms. The van der Waals surface area contributed by atoms with Gasteiger partial charge in [0.25, 0.3) is 0 Å². The lowest BCUT2D eigenvalue weighted by molar-refractivity contribution is 0.315. The fourth-order valence-electron chi connectivity index (χ4n) is 4.16. The van der Waals surface area contributed by atoms with E-state index in [9.17, 15) is 0 Å². The Hall–Kier alpha value is -3.92. The molecular weight excluding hydrogens is 435 g/mol. The minimum Gasteiger partial charge on any atom is -0.421 e. The van der Waals surface area contributed by atoms with E-state index in [1.807, 2.05) is 19.1 Å². The molecule has 0 saturated carbocycles. The van der Waals surface area contributed by atoms with E-state index in [0.29, 0.717) is 34.4 Å². The van der Waals surface area contributed by atoms with Crippen LogP contribution in [0.4, 0.5) is 21.8 Å². The van der Waals surface area contributed by atoms with Gasteiger partial charge in [0.05, 0.1) is 5.69 Å². The number of hydrogen-bond acceptors (Lipinski definition) is 7. The maximum absolute atomic E-state index is 15.1. The van der Waals surface area contributed by atoms with Gasteiger partial charge in [-0.1, -0.05) is 6.58 Å². The molecular formula is C24H27FN8O. The summed E-state index contributed by atoms with van der Waals surface area (Å²) in [4.78, 5) is 16.6. The van der Waals surface area contributed by atoms with E-state index in [1.165, 1.54) is 0 Å². The summed E-state index contributed by atoms with van der Waals surface area (Å²) in [6.45, 7) is 7.30. The van der Waals surface area contributed by atoms with Gasteiger partial charge in [0.15, 0.2) is 17.4 Å². The van der Waals surface area contributed by atoms with Crippen molar-refractivity contribution in [1.82, 2.24) is 30.0 Å². The molecule has 1 fully saturated rings. The standard InChI is InChI=1S/C24H27FN8O/c1-5-15-11-21(31-30-15)27-20-12-22(33-9-8-16(13-33)32(3)4)29-24(28-20)34-19-7-6-18-17(23(19)25)10-14(2)26-18/h5-7,10-12,16,26H,1,8-9,13H2,2-4H3,(H2,27,28,29,30,31). The second-order valence-corrected chi connectivity index (χ2v) is 8.68. The smallest absolute Gasteiger partial charge is 0.326 e. The number of fused-ring (bicyclic) bond motifs is 1. The van der Waals surface area contributed by atoms with E-state index < -0.39 is 5.82 Å². The summed E-state index contributed by atoms with van der Waals surface area (Å²) < 4.78 is 21.0. The van der Waals surface area contributed by atoms with Gasteiger partial charge in [-0.2, -0.15) is 15.1 Å². The number of aromatic nitrogens is 5. The fraction of sp³-hybridized carbons (Fsp3) is 0.292. The van der Waals surface area contributed by atoms with Crippen LogP contribution < -0.4 is 15.0 Å². The van der Waals surface area contributed by atoms with Crippen LogP contribution >= 0.6 is 0 Å². The Balaban J connectivity index is 1.49. The average molecular weight is 463 g/mol. The van der Waals surface area contributed by atoms with Crippen molar-refractivity contribution >= 4 is 34.4 Å². The lowest BCUT2D eigenvalue weighted by Crippen LogP contribution is -2.31. The SMILES string of the molecule is C=Cc1cc(Nc2cc(N3CCC(N(C)C)C3)nc(Oc3ccc4[nH]c(C)cc4c3F)n2)n[nH]1. The van der Waals surface area contributed by atoms with E-state index in [0.717, 1.165) is 30.9 Å². The third-order valence-corrected chi connectivity index (χ3v) is 6.02. The molecule has 0 bridgehead atoms. The van der Waals surface area contributed by atoms with Gasteiger partial charge in [-0.25, -0.2) is 4.39 Å². The molecule has 0 spiro atoms. The highest BCUT2D eigenvalue weighted by molar-refractivity contribution is 5.82. The lowest BCUT2D eigenvalue weighted by atomic mass is 10.2. The number of nitrogens with zero attached hydrogens (tertiary/aromatic N) is 5. The number of hydrogen-bond donors (Lipinski definition) is 3. The quantitative estimate of drug-likeness (QED) is 0.373. The average Bonchev–Trinajstić information content (AvgIpc) is 3.55. The zero-order valence-electron chi connectivity index (χ0n) is 19.4. The number of likely N-dealkylation sites (N-methyl/N-ethyl adjacent to an activating group) is 1. The maximum Gasteiger partial charge on any atom is 0.326 e. The molecule has 5 rings (SSSR count). The molecule has 1 aliphatic heterocycles.